The number of aryl methyl sites for hydroxylation is 1. The maximum atomic E-state index is 11.3. The molecule has 2 unspecified atom stereocenters. The van der Waals surface area contributed by atoms with Crippen LogP contribution < -0.4 is 11.1 Å². The summed E-state index contributed by atoms with van der Waals surface area (Å²) >= 11 is 0. The minimum atomic E-state index is -0.202. The highest BCUT2D eigenvalue weighted by Gasteiger charge is 2.32. The second-order valence-corrected chi connectivity index (χ2v) is 4.19. The Balaban J connectivity index is 2.26. The van der Waals surface area contributed by atoms with Crippen molar-refractivity contribution in [3.63, 3.8) is 0 Å². The van der Waals surface area contributed by atoms with Crippen LogP contribution >= 0.6 is 0 Å². The van der Waals surface area contributed by atoms with Crippen molar-refractivity contribution in [1.82, 2.24) is 5.32 Å². The van der Waals surface area contributed by atoms with Gasteiger partial charge in [0.25, 0.3) is 0 Å². The minimum absolute atomic E-state index is 0.0631. The molecular weight excluding hydrogens is 188 g/mol. The first-order valence-electron chi connectivity index (χ1n) is 5.25. The molecule has 3 N–H and O–H groups in total. The Bertz CT molecular complexity index is 376. The van der Waals surface area contributed by atoms with Crippen molar-refractivity contribution in [3.05, 3.63) is 35.4 Å². The van der Waals surface area contributed by atoms with Crippen LogP contribution in [0.25, 0.3) is 0 Å². The molecule has 80 valence electrons. The van der Waals surface area contributed by atoms with Gasteiger partial charge in [-0.05, 0) is 12.5 Å². The fourth-order valence-corrected chi connectivity index (χ4v) is 2.23. The molecule has 0 bridgehead atoms. The predicted molar refractivity (Wildman–Crippen MR) is 59.5 cm³/mol. The quantitative estimate of drug-likeness (QED) is 0.748. The van der Waals surface area contributed by atoms with Crippen LogP contribution in [0, 0.1) is 12.8 Å². The van der Waals surface area contributed by atoms with E-state index < -0.39 is 0 Å². The van der Waals surface area contributed by atoms with Gasteiger partial charge in [0.1, 0.15) is 0 Å². The molecule has 2 rings (SSSR count). The standard InChI is InChI=1S/C12H16N2O/c1-8-3-2-4-9(5-8)10-6-14-7-11(10)12(13)15/h2-5,10-11,14H,6-7H2,1H3,(H2,13,15). The number of carbonyl (C=O) groups is 1. The van der Waals surface area contributed by atoms with E-state index in [1.54, 1.807) is 0 Å². The summed E-state index contributed by atoms with van der Waals surface area (Å²) in [7, 11) is 0. The molecule has 1 aliphatic rings. The maximum Gasteiger partial charge on any atom is 0.222 e. The number of carbonyl (C=O) groups excluding carboxylic acids is 1. The zero-order valence-electron chi connectivity index (χ0n) is 8.86. The van der Waals surface area contributed by atoms with Crippen molar-refractivity contribution < 1.29 is 4.79 Å². The number of primary amides is 1. The van der Waals surface area contributed by atoms with Gasteiger partial charge in [-0.15, -0.1) is 0 Å². The van der Waals surface area contributed by atoms with E-state index in [2.05, 4.69) is 30.4 Å². The first kappa shape index (κ1) is 10.2. The third kappa shape index (κ3) is 2.02. The predicted octanol–water partition coefficient (Wildman–Crippen LogP) is 0.783. The molecule has 1 heterocycles. The van der Waals surface area contributed by atoms with Crippen LogP contribution in [0.5, 0.6) is 0 Å². The number of rotatable bonds is 2. The Hall–Kier alpha value is -1.35. The minimum Gasteiger partial charge on any atom is -0.369 e. The summed E-state index contributed by atoms with van der Waals surface area (Å²) in [5.74, 6) is -0.0271. The lowest BCUT2D eigenvalue weighted by Gasteiger charge is -2.16. The van der Waals surface area contributed by atoms with Crippen molar-refractivity contribution in [3.8, 4) is 0 Å². The summed E-state index contributed by atoms with van der Waals surface area (Å²) in [5.41, 5.74) is 7.82. The molecule has 0 spiro atoms. The Labute approximate surface area is 89.7 Å². The number of hydrogen-bond donors (Lipinski definition) is 2. The Kier molecular flexibility index (Phi) is 2.73. The third-order valence-electron chi connectivity index (χ3n) is 3.05. The summed E-state index contributed by atoms with van der Waals surface area (Å²) in [6.45, 7) is 3.61. The van der Waals surface area contributed by atoms with Crippen molar-refractivity contribution in [2.24, 2.45) is 11.7 Å². The van der Waals surface area contributed by atoms with Gasteiger partial charge in [-0.1, -0.05) is 29.8 Å². The molecule has 1 aromatic carbocycles. The van der Waals surface area contributed by atoms with Gasteiger partial charge in [-0.3, -0.25) is 4.79 Å². The molecule has 15 heavy (non-hydrogen) atoms. The summed E-state index contributed by atoms with van der Waals surface area (Å²) in [6.07, 6.45) is 0. The van der Waals surface area contributed by atoms with Crippen LogP contribution in [-0.2, 0) is 4.79 Å². The average Bonchev–Trinajstić information content (AvgIpc) is 2.65. The molecule has 0 aliphatic carbocycles. The van der Waals surface area contributed by atoms with E-state index in [0.29, 0.717) is 6.54 Å². The zero-order valence-corrected chi connectivity index (χ0v) is 8.86. The highest BCUT2D eigenvalue weighted by Crippen LogP contribution is 2.28. The summed E-state index contributed by atoms with van der Waals surface area (Å²) in [5, 5.41) is 3.22. The van der Waals surface area contributed by atoms with Crippen LogP contribution in [0.2, 0.25) is 0 Å². The average molecular weight is 204 g/mol. The molecule has 3 nitrogen and oxygen atoms in total. The van der Waals surface area contributed by atoms with Crippen LogP contribution in [0.3, 0.4) is 0 Å². The SMILES string of the molecule is Cc1cccc(C2CNCC2C(N)=O)c1. The number of hydrogen-bond acceptors (Lipinski definition) is 2. The van der Waals surface area contributed by atoms with Crippen LogP contribution in [0.1, 0.15) is 17.0 Å². The molecule has 1 amide bonds. The van der Waals surface area contributed by atoms with Crippen molar-refractivity contribution in [2.75, 3.05) is 13.1 Å². The largest absolute Gasteiger partial charge is 0.369 e. The fourth-order valence-electron chi connectivity index (χ4n) is 2.23. The van der Waals surface area contributed by atoms with Crippen molar-refractivity contribution in [1.29, 1.82) is 0 Å². The number of amides is 1. The van der Waals surface area contributed by atoms with E-state index in [-0.39, 0.29) is 17.7 Å². The summed E-state index contributed by atoms with van der Waals surface area (Å²) in [6, 6.07) is 8.29. The van der Waals surface area contributed by atoms with E-state index in [0.717, 1.165) is 6.54 Å². The van der Waals surface area contributed by atoms with Gasteiger partial charge >= 0.3 is 0 Å². The molecule has 0 aromatic heterocycles. The van der Waals surface area contributed by atoms with Gasteiger partial charge in [0.05, 0.1) is 5.92 Å². The zero-order chi connectivity index (χ0) is 10.8. The lowest BCUT2D eigenvalue weighted by atomic mass is 9.88. The molecule has 1 aliphatic heterocycles. The van der Waals surface area contributed by atoms with Gasteiger partial charge in [0.15, 0.2) is 0 Å². The fraction of sp³-hybridized carbons (Fsp3) is 0.417. The van der Waals surface area contributed by atoms with Gasteiger partial charge in [0, 0.05) is 19.0 Å². The molecular formula is C12H16N2O. The second kappa shape index (κ2) is 4.03. The van der Waals surface area contributed by atoms with Crippen LogP contribution in [-0.4, -0.2) is 19.0 Å². The molecule has 3 heteroatoms. The van der Waals surface area contributed by atoms with Gasteiger partial charge in [0.2, 0.25) is 5.91 Å². The highest BCUT2D eigenvalue weighted by molar-refractivity contribution is 5.78. The maximum absolute atomic E-state index is 11.3. The molecule has 1 fully saturated rings. The summed E-state index contributed by atoms with van der Waals surface area (Å²) in [4.78, 5) is 11.3. The molecule has 1 saturated heterocycles. The van der Waals surface area contributed by atoms with Gasteiger partial charge in [-0.2, -0.15) is 0 Å². The monoisotopic (exact) mass is 204 g/mol. The van der Waals surface area contributed by atoms with Crippen molar-refractivity contribution >= 4 is 5.91 Å². The number of nitrogens with two attached hydrogens (primary N) is 1. The van der Waals surface area contributed by atoms with E-state index in [1.165, 1.54) is 11.1 Å². The van der Waals surface area contributed by atoms with Gasteiger partial charge < -0.3 is 11.1 Å². The van der Waals surface area contributed by atoms with E-state index in [1.807, 2.05) is 6.07 Å². The van der Waals surface area contributed by atoms with Crippen molar-refractivity contribution in [2.45, 2.75) is 12.8 Å². The first-order chi connectivity index (χ1) is 7.18. The highest BCUT2D eigenvalue weighted by atomic mass is 16.1. The molecule has 0 saturated carbocycles. The third-order valence-corrected chi connectivity index (χ3v) is 3.05. The number of nitrogens with one attached hydrogen (secondary N) is 1. The summed E-state index contributed by atoms with van der Waals surface area (Å²) < 4.78 is 0. The molecule has 0 radical (unpaired) electrons. The lowest BCUT2D eigenvalue weighted by molar-refractivity contribution is -0.121. The molecule has 2 atom stereocenters. The topological polar surface area (TPSA) is 55.1 Å². The first-order valence-corrected chi connectivity index (χ1v) is 5.25. The normalized spacial score (nSPS) is 25.4. The van der Waals surface area contributed by atoms with E-state index >= 15 is 0 Å². The van der Waals surface area contributed by atoms with Crippen LogP contribution in [0.15, 0.2) is 24.3 Å². The molecule has 1 aromatic rings. The van der Waals surface area contributed by atoms with E-state index in [9.17, 15) is 4.79 Å². The smallest absolute Gasteiger partial charge is 0.222 e. The second-order valence-electron chi connectivity index (χ2n) is 4.19. The Morgan fingerprint density at radius 2 is 2.27 bits per heavy atom. The Morgan fingerprint density at radius 1 is 1.47 bits per heavy atom. The van der Waals surface area contributed by atoms with E-state index in [4.69, 9.17) is 5.73 Å². The van der Waals surface area contributed by atoms with Crippen LogP contribution in [0.4, 0.5) is 0 Å². The lowest BCUT2D eigenvalue weighted by Crippen LogP contribution is -2.28. The number of benzene rings is 1. The Morgan fingerprint density at radius 3 is 2.93 bits per heavy atom. The van der Waals surface area contributed by atoms with Gasteiger partial charge in [-0.25, -0.2) is 0 Å².